The van der Waals surface area contributed by atoms with Crippen molar-refractivity contribution >= 4 is 43.4 Å². The van der Waals surface area contributed by atoms with Crippen LogP contribution in [0.15, 0.2) is 90.0 Å². The summed E-state index contributed by atoms with van der Waals surface area (Å²) in [6, 6.07) is 21.1. The highest BCUT2D eigenvalue weighted by Crippen LogP contribution is 2.39. The number of aliphatic hydroxyl groups excluding tert-OH is 1. The first-order chi connectivity index (χ1) is 24.6. The molecule has 0 radical (unpaired) electrons. The molecule has 1 unspecified atom stereocenters. The lowest BCUT2D eigenvalue weighted by atomic mass is 9.72. The maximum Gasteiger partial charge on any atom is 0.243 e. The van der Waals surface area contributed by atoms with E-state index in [1.54, 1.807) is 18.2 Å². The molecule has 3 aromatic carbocycles. The largest absolute Gasteiger partial charge is 0.391 e. The Morgan fingerprint density at radius 2 is 1.65 bits per heavy atom. The maximum atomic E-state index is 13.6. The molecule has 0 aromatic heterocycles. The monoisotopic (exact) mass is 750 g/mol. The van der Waals surface area contributed by atoms with Crippen molar-refractivity contribution in [3.63, 3.8) is 0 Å². The maximum absolute atomic E-state index is 13.6. The summed E-state index contributed by atoms with van der Waals surface area (Å²) in [5.41, 5.74) is 0.617. The number of β-amino-alcohol motifs (C(OH)–C–C–N with tert-alkyl or cyclic N) is 1. The molecule has 4 N–H and O–H groups in total. The number of carbonyl (C=O) groups excluding carboxylic acids is 2. The quantitative estimate of drug-likeness (QED) is 0.190. The van der Waals surface area contributed by atoms with E-state index in [4.69, 9.17) is 0 Å². The Bertz CT molecular complexity index is 1850. The minimum Gasteiger partial charge on any atom is -0.391 e. The van der Waals surface area contributed by atoms with Gasteiger partial charge in [0.15, 0.2) is 0 Å². The van der Waals surface area contributed by atoms with Gasteiger partial charge in [0.1, 0.15) is 6.04 Å². The highest BCUT2D eigenvalue weighted by molar-refractivity contribution is 7.89. The summed E-state index contributed by atoms with van der Waals surface area (Å²) < 4.78 is 40.3. The zero-order valence-corrected chi connectivity index (χ0v) is 32.3. The Kier molecular flexibility index (Phi) is 13.5. The fraction of sp³-hybridized carbons (Fsp3) is 0.500. The normalized spacial score (nSPS) is 22.3. The van der Waals surface area contributed by atoms with Crippen LogP contribution in [0.4, 0.5) is 0 Å². The van der Waals surface area contributed by atoms with E-state index in [1.165, 1.54) is 19.0 Å². The number of nitrogens with zero attached hydrogens (tertiary/aromatic N) is 1. The molecule has 2 fully saturated rings. The second-order valence-electron chi connectivity index (χ2n) is 15.5. The van der Waals surface area contributed by atoms with Gasteiger partial charge in [-0.2, -0.15) is 0 Å². The smallest absolute Gasteiger partial charge is 0.243 e. The first-order valence-corrected chi connectivity index (χ1v) is 21.5. The number of aliphatic hydroxyl groups is 1. The van der Waals surface area contributed by atoms with Gasteiger partial charge in [-0.15, -0.1) is 0 Å². The molecule has 1 heterocycles. The molecule has 2 aliphatic rings. The van der Waals surface area contributed by atoms with E-state index in [-0.39, 0.29) is 29.8 Å². The Hall–Kier alpha value is -3.42. The van der Waals surface area contributed by atoms with Crippen LogP contribution in [-0.4, -0.2) is 83.3 Å². The van der Waals surface area contributed by atoms with Crippen molar-refractivity contribution in [2.24, 2.45) is 17.8 Å². The van der Waals surface area contributed by atoms with Gasteiger partial charge in [-0.3, -0.25) is 18.7 Å². The highest BCUT2D eigenvalue weighted by atomic mass is 32.2. The molecule has 0 spiro atoms. The molecule has 282 valence electrons. The van der Waals surface area contributed by atoms with Crippen LogP contribution in [0.25, 0.3) is 10.8 Å². The van der Waals surface area contributed by atoms with Gasteiger partial charge in [-0.1, -0.05) is 86.0 Å². The van der Waals surface area contributed by atoms with Crippen LogP contribution in [0.2, 0.25) is 0 Å². The minimum absolute atomic E-state index is 0.0170. The standard InChI is InChI=1S/C40H54N4O6S2/c1-40(2,3)42-39(47)36-24-31-16-10-11-17-33(31)25-44(36)26-37(45)32(22-28-12-6-5-7-13-28)20-21-41-38(46)35(43-52(4,49)50)27-51(48)34-19-18-29-14-8-9-15-30(29)23-34/h5-9,12-15,18-21,23,31-33,35-37,43,45H,10-11,16-17,22,24-27H2,1-4H3,(H,41,46)(H,42,47)/b21-20+/t31-,32-,33+,35+,36-,37-,51?/m0/s1. The molecule has 1 aliphatic heterocycles. The number of likely N-dealkylation sites (tertiary alicyclic amines) is 1. The summed E-state index contributed by atoms with van der Waals surface area (Å²) in [7, 11) is -5.51. The summed E-state index contributed by atoms with van der Waals surface area (Å²) in [4.78, 5) is 29.7. The molecular formula is C40H54N4O6S2. The third-order valence-electron chi connectivity index (χ3n) is 10.1. The number of benzene rings is 3. The molecule has 3 aromatic rings. The Balaban J connectivity index is 1.32. The van der Waals surface area contributed by atoms with Crippen LogP contribution >= 0.6 is 0 Å². The molecular weight excluding hydrogens is 697 g/mol. The third-order valence-corrected chi connectivity index (χ3v) is 12.2. The van der Waals surface area contributed by atoms with Gasteiger partial charge < -0.3 is 15.7 Å². The van der Waals surface area contributed by atoms with Gasteiger partial charge in [0, 0.05) is 35.6 Å². The first kappa shape index (κ1) is 39.8. The van der Waals surface area contributed by atoms with E-state index >= 15 is 0 Å². The van der Waals surface area contributed by atoms with Crippen molar-refractivity contribution in [3.8, 4) is 0 Å². The number of piperidine rings is 1. The van der Waals surface area contributed by atoms with Crippen molar-refractivity contribution in [2.75, 3.05) is 25.1 Å². The summed E-state index contributed by atoms with van der Waals surface area (Å²) in [6.07, 6.45) is 9.12. The van der Waals surface area contributed by atoms with Crippen molar-refractivity contribution in [1.29, 1.82) is 0 Å². The fourth-order valence-corrected chi connectivity index (χ4v) is 9.57. The van der Waals surface area contributed by atoms with Gasteiger partial charge in [-0.25, -0.2) is 13.1 Å². The molecule has 1 aliphatic carbocycles. The van der Waals surface area contributed by atoms with Crippen molar-refractivity contribution in [3.05, 3.63) is 90.6 Å². The predicted molar refractivity (Wildman–Crippen MR) is 207 cm³/mol. The van der Waals surface area contributed by atoms with E-state index in [0.717, 1.165) is 48.4 Å². The number of fused-ring (bicyclic) bond motifs is 2. The summed E-state index contributed by atoms with van der Waals surface area (Å²) in [5.74, 6) is -0.403. The predicted octanol–water partition coefficient (Wildman–Crippen LogP) is 4.51. The molecule has 1 saturated heterocycles. The van der Waals surface area contributed by atoms with Crippen molar-refractivity contribution in [2.45, 2.75) is 87.9 Å². The van der Waals surface area contributed by atoms with E-state index in [2.05, 4.69) is 20.3 Å². The van der Waals surface area contributed by atoms with Gasteiger partial charge in [0.2, 0.25) is 21.8 Å². The zero-order valence-electron chi connectivity index (χ0n) is 30.7. The molecule has 10 nitrogen and oxygen atoms in total. The lowest BCUT2D eigenvalue weighted by Crippen LogP contribution is -2.59. The SMILES string of the molecule is CC(C)(C)NC(=O)[C@@H]1C[C@@H]2CCCC[C@@H]2CN1C[C@H](O)[C@@H](/C=C/NC(=O)[C@@H](CS(=O)c1ccc2ccccc2c1)NS(C)(=O)=O)Cc1ccccc1. The van der Waals surface area contributed by atoms with E-state index in [9.17, 15) is 27.3 Å². The number of hydrogen-bond acceptors (Lipinski definition) is 7. The second kappa shape index (κ2) is 17.6. The van der Waals surface area contributed by atoms with Crippen LogP contribution in [0.5, 0.6) is 0 Å². The van der Waals surface area contributed by atoms with Crippen LogP contribution in [0.3, 0.4) is 0 Å². The highest BCUT2D eigenvalue weighted by Gasteiger charge is 2.41. The fourth-order valence-electron chi connectivity index (χ4n) is 7.55. The number of carbonyl (C=O) groups is 2. The first-order valence-electron chi connectivity index (χ1n) is 18.2. The minimum atomic E-state index is -3.82. The molecule has 2 amide bonds. The van der Waals surface area contributed by atoms with Gasteiger partial charge in [-0.05, 0) is 80.3 Å². The molecule has 1 saturated carbocycles. The van der Waals surface area contributed by atoms with E-state index in [0.29, 0.717) is 23.2 Å². The lowest BCUT2D eigenvalue weighted by Gasteiger charge is -2.47. The zero-order chi connectivity index (χ0) is 37.5. The number of amides is 2. The average Bonchev–Trinajstić information content (AvgIpc) is 3.09. The average molecular weight is 751 g/mol. The molecule has 12 heteroatoms. The number of hydrogen-bond donors (Lipinski definition) is 4. The van der Waals surface area contributed by atoms with Crippen LogP contribution in [0.1, 0.15) is 58.4 Å². The van der Waals surface area contributed by atoms with Gasteiger partial charge in [0.05, 0.1) is 35.0 Å². The van der Waals surface area contributed by atoms with Gasteiger partial charge in [0.25, 0.3) is 0 Å². The summed E-state index contributed by atoms with van der Waals surface area (Å²) >= 11 is 0. The van der Waals surface area contributed by atoms with E-state index < -0.39 is 44.8 Å². The Morgan fingerprint density at radius 3 is 2.35 bits per heavy atom. The summed E-state index contributed by atoms with van der Waals surface area (Å²) in [5, 5.41) is 19.6. The van der Waals surface area contributed by atoms with Crippen molar-refractivity contribution in [1.82, 2.24) is 20.3 Å². The van der Waals surface area contributed by atoms with Crippen LogP contribution in [0, 0.1) is 17.8 Å². The number of sulfonamides is 1. The lowest BCUT2D eigenvalue weighted by molar-refractivity contribution is -0.132. The Labute approximate surface area is 311 Å². The van der Waals surface area contributed by atoms with Crippen molar-refractivity contribution < 1.29 is 27.3 Å². The third kappa shape index (κ3) is 11.5. The van der Waals surface area contributed by atoms with E-state index in [1.807, 2.05) is 81.4 Å². The molecule has 5 rings (SSSR count). The topological polar surface area (TPSA) is 145 Å². The number of nitrogens with one attached hydrogen (secondary N) is 3. The van der Waals surface area contributed by atoms with Crippen LogP contribution < -0.4 is 15.4 Å². The second-order valence-corrected chi connectivity index (χ2v) is 18.8. The van der Waals surface area contributed by atoms with Crippen LogP contribution in [-0.2, 0) is 36.8 Å². The molecule has 7 atom stereocenters. The number of rotatable bonds is 14. The molecule has 0 bridgehead atoms. The Morgan fingerprint density at radius 1 is 0.981 bits per heavy atom. The molecule has 52 heavy (non-hydrogen) atoms. The summed E-state index contributed by atoms with van der Waals surface area (Å²) in [6.45, 7) is 6.95. The van der Waals surface area contributed by atoms with Gasteiger partial charge >= 0.3 is 0 Å².